The fourth-order valence-corrected chi connectivity index (χ4v) is 1.69. The highest BCUT2D eigenvalue weighted by Gasteiger charge is 2.20. The van der Waals surface area contributed by atoms with Gasteiger partial charge in [0, 0.05) is 6.54 Å². The Hall–Kier alpha value is -1.55. The summed E-state index contributed by atoms with van der Waals surface area (Å²) in [5.41, 5.74) is 7.33. The molecule has 0 fully saturated rings. The molecular weight excluding hydrogens is 228 g/mol. The molecule has 1 unspecified atom stereocenters. The first-order chi connectivity index (χ1) is 8.33. The topological polar surface area (TPSA) is 64.3 Å². The van der Waals surface area contributed by atoms with E-state index in [1.165, 1.54) is 0 Å². The van der Waals surface area contributed by atoms with Crippen LogP contribution in [0.4, 0.5) is 4.79 Å². The Morgan fingerprint density at radius 3 is 2.50 bits per heavy atom. The molecule has 0 saturated heterocycles. The summed E-state index contributed by atoms with van der Waals surface area (Å²) in [4.78, 5) is 11.7. The Balaban J connectivity index is 2.74. The van der Waals surface area contributed by atoms with E-state index >= 15 is 0 Å². The van der Waals surface area contributed by atoms with Crippen molar-refractivity contribution in [3.63, 3.8) is 0 Å². The van der Waals surface area contributed by atoms with Crippen molar-refractivity contribution >= 4 is 6.09 Å². The van der Waals surface area contributed by atoms with Gasteiger partial charge in [0.05, 0.1) is 6.04 Å². The normalized spacial score (nSPS) is 12.9. The molecule has 0 aromatic heterocycles. The molecule has 1 aromatic rings. The fraction of sp³-hybridized carbons (Fsp3) is 0.500. The molecule has 0 heterocycles. The number of amides is 1. The number of rotatable bonds is 3. The lowest BCUT2D eigenvalue weighted by Crippen LogP contribution is -2.38. The molecule has 4 heteroatoms. The Bertz CT molecular complexity index is 411. The maximum Gasteiger partial charge on any atom is 0.408 e. The number of carbonyl (C=O) groups excluding carboxylic acids is 1. The highest BCUT2D eigenvalue weighted by atomic mass is 16.6. The maximum absolute atomic E-state index is 11.7. The first-order valence-corrected chi connectivity index (χ1v) is 6.08. The lowest BCUT2D eigenvalue weighted by atomic mass is 10.0. The molecule has 0 saturated carbocycles. The van der Waals surface area contributed by atoms with E-state index in [9.17, 15) is 4.79 Å². The van der Waals surface area contributed by atoms with Crippen molar-refractivity contribution in [1.82, 2.24) is 5.32 Å². The minimum atomic E-state index is -0.505. The van der Waals surface area contributed by atoms with Crippen LogP contribution in [0.5, 0.6) is 0 Å². The van der Waals surface area contributed by atoms with Crippen LogP contribution in [0, 0.1) is 6.92 Å². The quantitative estimate of drug-likeness (QED) is 0.866. The molecule has 1 rings (SSSR count). The lowest BCUT2D eigenvalue weighted by Gasteiger charge is -2.24. The minimum Gasteiger partial charge on any atom is -0.444 e. The van der Waals surface area contributed by atoms with Gasteiger partial charge >= 0.3 is 6.09 Å². The van der Waals surface area contributed by atoms with Gasteiger partial charge in [-0.05, 0) is 38.8 Å². The van der Waals surface area contributed by atoms with Crippen LogP contribution in [0.15, 0.2) is 24.3 Å². The van der Waals surface area contributed by atoms with Crippen molar-refractivity contribution in [2.45, 2.75) is 39.3 Å². The fourth-order valence-electron chi connectivity index (χ4n) is 1.69. The van der Waals surface area contributed by atoms with Gasteiger partial charge in [-0.1, -0.05) is 24.3 Å². The molecule has 0 bridgehead atoms. The summed E-state index contributed by atoms with van der Waals surface area (Å²) >= 11 is 0. The van der Waals surface area contributed by atoms with E-state index in [0.29, 0.717) is 6.54 Å². The molecular formula is C14H22N2O2. The van der Waals surface area contributed by atoms with Gasteiger partial charge in [-0.3, -0.25) is 0 Å². The van der Waals surface area contributed by atoms with Gasteiger partial charge in [0.1, 0.15) is 5.60 Å². The third-order valence-electron chi connectivity index (χ3n) is 2.49. The van der Waals surface area contributed by atoms with Crippen LogP contribution in [0.25, 0.3) is 0 Å². The smallest absolute Gasteiger partial charge is 0.408 e. The third kappa shape index (κ3) is 4.37. The second-order valence-electron chi connectivity index (χ2n) is 5.29. The Kier molecular flexibility index (Phi) is 4.73. The van der Waals surface area contributed by atoms with E-state index in [-0.39, 0.29) is 6.04 Å². The van der Waals surface area contributed by atoms with Crippen LogP contribution in [0.1, 0.15) is 37.9 Å². The first kappa shape index (κ1) is 14.5. The van der Waals surface area contributed by atoms with Crippen LogP contribution >= 0.6 is 0 Å². The molecule has 4 nitrogen and oxygen atoms in total. The summed E-state index contributed by atoms with van der Waals surface area (Å²) in [6.45, 7) is 7.83. The number of nitrogens with two attached hydrogens (primary N) is 1. The van der Waals surface area contributed by atoms with Gasteiger partial charge in [-0.2, -0.15) is 0 Å². The van der Waals surface area contributed by atoms with Gasteiger partial charge in [-0.25, -0.2) is 4.79 Å². The number of benzene rings is 1. The molecule has 100 valence electrons. The Labute approximate surface area is 109 Å². The maximum atomic E-state index is 11.7. The second kappa shape index (κ2) is 5.87. The monoisotopic (exact) mass is 250 g/mol. The average molecular weight is 250 g/mol. The number of carbonyl (C=O) groups is 1. The summed E-state index contributed by atoms with van der Waals surface area (Å²) in [6, 6.07) is 7.63. The number of nitrogens with one attached hydrogen (secondary N) is 1. The van der Waals surface area contributed by atoms with E-state index < -0.39 is 11.7 Å². The summed E-state index contributed by atoms with van der Waals surface area (Å²) < 4.78 is 5.23. The highest BCUT2D eigenvalue weighted by molar-refractivity contribution is 5.68. The van der Waals surface area contributed by atoms with Crippen LogP contribution in [-0.2, 0) is 4.74 Å². The molecule has 1 amide bonds. The van der Waals surface area contributed by atoms with E-state index in [1.807, 2.05) is 52.0 Å². The van der Waals surface area contributed by atoms with Gasteiger partial charge < -0.3 is 15.8 Å². The molecule has 0 radical (unpaired) electrons. The van der Waals surface area contributed by atoms with Crippen molar-refractivity contribution in [3.05, 3.63) is 35.4 Å². The molecule has 1 aromatic carbocycles. The van der Waals surface area contributed by atoms with Crippen LogP contribution in [0.3, 0.4) is 0 Å². The number of hydrogen-bond donors (Lipinski definition) is 2. The molecule has 0 aliphatic heterocycles. The SMILES string of the molecule is Cc1ccccc1C(CN)NC(=O)OC(C)(C)C. The van der Waals surface area contributed by atoms with E-state index in [1.54, 1.807) is 0 Å². The zero-order valence-electron chi connectivity index (χ0n) is 11.5. The largest absolute Gasteiger partial charge is 0.444 e. The predicted octanol–water partition coefficient (Wildman–Crippen LogP) is 2.52. The van der Waals surface area contributed by atoms with Crippen molar-refractivity contribution in [2.75, 3.05) is 6.54 Å². The number of ether oxygens (including phenoxy) is 1. The van der Waals surface area contributed by atoms with Gasteiger partial charge in [0.15, 0.2) is 0 Å². The minimum absolute atomic E-state index is 0.221. The summed E-state index contributed by atoms with van der Waals surface area (Å²) in [5.74, 6) is 0. The van der Waals surface area contributed by atoms with E-state index in [2.05, 4.69) is 5.32 Å². The molecule has 0 aliphatic carbocycles. The van der Waals surface area contributed by atoms with Crippen LogP contribution in [-0.4, -0.2) is 18.2 Å². The number of aryl methyl sites for hydroxylation is 1. The van der Waals surface area contributed by atoms with Crippen molar-refractivity contribution < 1.29 is 9.53 Å². The van der Waals surface area contributed by atoms with Gasteiger partial charge in [-0.15, -0.1) is 0 Å². The molecule has 18 heavy (non-hydrogen) atoms. The van der Waals surface area contributed by atoms with Crippen molar-refractivity contribution in [2.24, 2.45) is 5.73 Å². The second-order valence-corrected chi connectivity index (χ2v) is 5.29. The first-order valence-electron chi connectivity index (χ1n) is 6.08. The van der Waals surface area contributed by atoms with E-state index in [4.69, 9.17) is 10.5 Å². The summed E-state index contributed by atoms with van der Waals surface area (Å²) in [7, 11) is 0. The Morgan fingerprint density at radius 2 is 2.00 bits per heavy atom. The summed E-state index contributed by atoms with van der Waals surface area (Å²) in [5, 5.41) is 2.79. The van der Waals surface area contributed by atoms with Gasteiger partial charge in [0.25, 0.3) is 0 Å². The standard InChI is InChI=1S/C14H22N2O2/c1-10-7-5-6-8-11(10)12(9-15)16-13(17)18-14(2,3)4/h5-8,12H,9,15H2,1-4H3,(H,16,17). The predicted molar refractivity (Wildman–Crippen MR) is 72.3 cm³/mol. The number of alkyl carbamates (subject to hydrolysis) is 1. The van der Waals surface area contributed by atoms with Crippen molar-refractivity contribution in [1.29, 1.82) is 0 Å². The zero-order chi connectivity index (χ0) is 13.8. The zero-order valence-corrected chi connectivity index (χ0v) is 11.5. The van der Waals surface area contributed by atoms with Crippen molar-refractivity contribution in [3.8, 4) is 0 Å². The van der Waals surface area contributed by atoms with Gasteiger partial charge in [0.2, 0.25) is 0 Å². The highest BCUT2D eigenvalue weighted by Crippen LogP contribution is 2.17. The van der Waals surface area contributed by atoms with Crippen LogP contribution < -0.4 is 11.1 Å². The lowest BCUT2D eigenvalue weighted by molar-refractivity contribution is 0.0505. The third-order valence-corrected chi connectivity index (χ3v) is 2.49. The average Bonchev–Trinajstić information content (AvgIpc) is 2.24. The number of hydrogen-bond acceptors (Lipinski definition) is 3. The Morgan fingerprint density at radius 1 is 1.39 bits per heavy atom. The van der Waals surface area contributed by atoms with E-state index in [0.717, 1.165) is 11.1 Å². The molecule has 1 atom stereocenters. The molecule has 3 N–H and O–H groups in total. The molecule has 0 aliphatic rings. The van der Waals surface area contributed by atoms with Crippen LogP contribution in [0.2, 0.25) is 0 Å². The molecule has 0 spiro atoms. The summed E-state index contributed by atoms with van der Waals surface area (Å²) in [6.07, 6.45) is -0.443.